The normalized spacial score (nSPS) is 16.5. The van der Waals surface area contributed by atoms with E-state index < -0.39 is 28.9 Å². The van der Waals surface area contributed by atoms with Gasteiger partial charge in [-0.25, -0.2) is 0 Å². The van der Waals surface area contributed by atoms with Crippen molar-refractivity contribution in [3.63, 3.8) is 0 Å². The average molecular weight is 274 g/mol. The third kappa shape index (κ3) is 5.19. The Balaban J connectivity index is 4.69. The largest absolute Gasteiger partial charge is 0.481 e. The van der Waals surface area contributed by atoms with E-state index in [1.807, 2.05) is 0 Å². The van der Waals surface area contributed by atoms with E-state index in [-0.39, 0.29) is 13.0 Å². The van der Waals surface area contributed by atoms with Crippen LogP contribution in [0, 0.1) is 10.8 Å². The van der Waals surface area contributed by atoms with Gasteiger partial charge in [0, 0.05) is 0 Å². The molecule has 0 saturated carbocycles. The van der Waals surface area contributed by atoms with Crippen molar-refractivity contribution >= 4 is 11.9 Å². The number of aliphatic hydroxyl groups excluding tert-OH is 1. The van der Waals surface area contributed by atoms with Crippen LogP contribution in [0.4, 0.5) is 0 Å². The first-order chi connectivity index (χ1) is 8.59. The number of ether oxygens (including phenoxy) is 1. The molecule has 0 amide bonds. The summed E-state index contributed by atoms with van der Waals surface area (Å²) < 4.78 is 5.05. The summed E-state index contributed by atoms with van der Waals surface area (Å²) in [5.41, 5.74) is -1.84. The van der Waals surface area contributed by atoms with Crippen molar-refractivity contribution in [2.45, 2.75) is 60.0 Å². The van der Waals surface area contributed by atoms with Crippen molar-refractivity contribution in [1.29, 1.82) is 0 Å². The van der Waals surface area contributed by atoms with E-state index in [4.69, 9.17) is 4.74 Å². The predicted octanol–water partition coefficient (Wildman–Crippen LogP) is 2.22. The van der Waals surface area contributed by atoms with Crippen molar-refractivity contribution in [3.8, 4) is 0 Å². The summed E-state index contributed by atoms with van der Waals surface area (Å²) in [6.45, 7) is 8.51. The van der Waals surface area contributed by atoms with Crippen LogP contribution in [0.2, 0.25) is 0 Å². The first-order valence-electron chi connectivity index (χ1n) is 6.67. The second kappa shape index (κ2) is 6.89. The molecule has 112 valence electrons. The predicted molar refractivity (Wildman–Crippen MR) is 71.7 cm³/mol. The van der Waals surface area contributed by atoms with Crippen LogP contribution < -0.4 is 0 Å². The number of carboxylic acids is 1. The fourth-order valence-electron chi connectivity index (χ4n) is 1.88. The summed E-state index contributed by atoms with van der Waals surface area (Å²) in [5.74, 6) is -1.38. The number of esters is 1. The number of hydrogen-bond donors (Lipinski definition) is 2. The second-order valence-corrected chi connectivity index (χ2v) is 5.94. The Hall–Kier alpha value is -1.10. The summed E-state index contributed by atoms with van der Waals surface area (Å²) >= 11 is 0. The van der Waals surface area contributed by atoms with Crippen LogP contribution >= 0.6 is 0 Å². The van der Waals surface area contributed by atoms with Crippen LogP contribution in [0.25, 0.3) is 0 Å². The van der Waals surface area contributed by atoms with Gasteiger partial charge in [-0.15, -0.1) is 0 Å². The van der Waals surface area contributed by atoms with Gasteiger partial charge >= 0.3 is 11.9 Å². The van der Waals surface area contributed by atoms with Crippen molar-refractivity contribution in [2.24, 2.45) is 10.8 Å². The van der Waals surface area contributed by atoms with Crippen LogP contribution in [0.3, 0.4) is 0 Å². The molecule has 0 aliphatic heterocycles. The van der Waals surface area contributed by atoms with Gasteiger partial charge in [0.05, 0.1) is 16.9 Å². The highest BCUT2D eigenvalue weighted by molar-refractivity contribution is 5.79. The van der Waals surface area contributed by atoms with E-state index in [0.29, 0.717) is 12.8 Å². The van der Waals surface area contributed by atoms with Gasteiger partial charge in [0.25, 0.3) is 0 Å². The molecule has 2 N–H and O–H groups in total. The summed E-state index contributed by atoms with van der Waals surface area (Å²) in [6.07, 6.45) is 0.482. The molecule has 0 aliphatic carbocycles. The Kier molecular flexibility index (Phi) is 6.49. The fourth-order valence-corrected chi connectivity index (χ4v) is 1.88. The molecule has 0 bridgehead atoms. The van der Waals surface area contributed by atoms with Gasteiger partial charge in [-0.05, 0) is 40.0 Å². The molecular formula is C14H26O5. The minimum absolute atomic E-state index is 0.0470. The van der Waals surface area contributed by atoms with Crippen LogP contribution in [-0.2, 0) is 14.3 Å². The van der Waals surface area contributed by atoms with Gasteiger partial charge in [-0.2, -0.15) is 0 Å². The van der Waals surface area contributed by atoms with E-state index in [0.717, 1.165) is 0 Å². The van der Waals surface area contributed by atoms with Crippen molar-refractivity contribution in [2.75, 3.05) is 6.61 Å². The molecule has 5 nitrogen and oxygen atoms in total. The molecule has 2 atom stereocenters. The Bertz CT molecular complexity index is 324. The first-order valence-corrected chi connectivity index (χ1v) is 6.67. The highest BCUT2D eigenvalue weighted by atomic mass is 16.5. The van der Waals surface area contributed by atoms with Crippen molar-refractivity contribution in [3.05, 3.63) is 0 Å². The quantitative estimate of drug-likeness (QED) is 0.663. The minimum Gasteiger partial charge on any atom is -0.481 e. The lowest BCUT2D eigenvalue weighted by Gasteiger charge is -2.32. The second-order valence-electron chi connectivity index (χ2n) is 5.94. The third-order valence-corrected chi connectivity index (χ3v) is 3.56. The Morgan fingerprint density at radius 1 is 1.21 bits per heavy atom. The summed E-state index contributed by atoms with van der Waals surface area (Å²) in [4.78, 5) is 23.2. The van der Waals surface area contributed by atoms with Gasteiger partial charge < -0.3 is 14.9 Å². The molecule has 0 saturated heterocycles. The zero-order valence-corrected chi connectivity index (χ0v) is 12.5. The molecule has 2 unspecified atom stereocenters. The minimum atomic E-state index is -0.952. The van der Waals surface area contributed by atoms with Gasteiger partial charge in [-0.1, -0.05) is 13.8 Å². The van der Waals surface area contributed by atoms with Crippen LogP contribution in [-0.4, -0.2) is 34.9 Å². The van der Waals surface area contributed by atoms with E-state index in [1.165, 1.54) is 0 Å². The van der Waals surface area contributed by atoms with E-state index >= 15 is 0 Å². The Morgan fingerprint density at radius 3 is 2.11 bits per heavy atom. The van der Waals surface area contributed by atoms with Gasteiger partial charge in [0.1, 0.15) is 6.61 Å². The Labute approximate surface area is 115 Å². The molecule has 0 fully saturated rings. The molecule has 19 heavy (non-hydrogen) atoms. The van der Waals surface area contributed by atoms with Gasteiger partial charge in [0.2, 0.25) is 0 Å². The highest BCUT2D eigenvalue weighted by Crippen LogP contribution is 2.37. The Morgan fingerprint density at radius 2 is 1.74 bits per heavy atom. The fraction of sp³-hybridized carbons (Fsp3) is 0.857. The number of rotatable bonds is 8. The number of hydrogen-bond acceptors (Lipinski definition) is 4. The zero-order valence-electron chi connectivity index (χ0n) is 12.5. The first kappa shape index (κ1) is 17.9. The maximum atomic E-state index is 12.0. The molecule has 0 aromatic carbocycles. The monoisotopic (exact) mass is 274 g/mol. The molecular weight excluding hydrogens is 248 g/mol. The maximum Gasteiger partial charge on any atom is 0.311 e. The average Bonchev–Trinajstić information content (AvgIpc) is 2.34. The van der Waals surface area contributed by atoms with Gasteiger partial charge in [0.15, 0.2) is 0 Å². The summed E-state index contributed by atoms with van der Waals surface area (Å²) in [7, 11) is 0. The molecule has 0 aliphatic rings. The molecule has 0 heterocycles. The number of carbonyl (C=O) groups is 2. The lowest BCUT2D eigenvalue weighted by atomic mass is 9.72. The lowest BCUT2D eigenvalue weighted by Crippen LogP contribution is -2.38. The molecule has 0 aromatic heterocycles. The molecule has 0 radical (unpaired) electrons. The SMILES string of the molecule is CCC(O)COC(=O)C(C)(C)CC(C)(CC)C(=O)O. The van der Waals surface area contributed by atoms with E-state index in [1.54, 1.807) is 34.6 Å². The lowest BCUT2D eigenvalue weighted by molar-refractivity contribution is -0.162. The van der Waals surface area contributed by atoms with Crippen molar-refractivity contribution in [1.82, 2.24) is 0 Å². The summed E-state index contributed by atoms with van der Waals surface area (Å²) in [6, 6.07) is 0. The molecule has 0 rings (SSSR count). The summed E-state index contributed by atoms with van der Waals surface area (Å²) in [5, 5.41) is 18.6. The number of carboxylic acid groups (broad SMARTS) is 1. The maximum absolute atomic E-state index is 12.0. The van der Waals surface area contributed by atoms with Crippen LogP contribution in [0.15, 0.2) is 0 Å². The highest BCUT2D eigenvalue weighted by Gasteiger charge is 2.42. The zero-order chi connectivity index (χ0) is 15.3. The van der Waals surface area contributed by atoms with E-state index in [9.17, 15) is 19.8 Å². The standard InChI is InChI=1S/C14H26O5/c1-6-10(15)8-19-12(18)13(3,4)9-14(5,7-2)11(16)17/h10,15H,6-9H2,1-5H3,(H,16,17). The molecule has 0 aromatic rings. The number of aliphatic carboxylic acids is 1. The van der Waals surface area contributed by atoms with Crippen LogP contribution in [0.1, 0.15) is 53.9 Å². The van der Waals surface area contributed by atoms with Crippen molar-refractivity contribution < 1.29 is 24.5 Å². The molecule has 5 heteroatoms. The third-order valence-electron chi connectivity index (χ3n) is 3.56. The molecule has 0 spiro atoms. The number of carbonyl (C=O) groups excluding carboxylic acids is 1. The van der Waals surface area contributed by atoms with E-state index in [2.05, 4.69) is 0 Å². The topological polar surface area (TPSA) is 83.8 Å². The smallest absolute Gasteiger partial charge is 0.311 e. The van der Waals surface area contributed by atoms with Gasteiger partial charge in [-0.3, -0.25) is 9.59 Å². The van der Waals surface area contributed by atoms with Crippen LogP contribution in [0.5, 0.6) is 0 Å². The number of aliphatic hydroxyl groups is 1.